The normalized spacial score (nSPS) is 11.0. The molecule has 0 amide bonds. The Morgan fingerprint density at radius 1 is 1.29 bits per heavy atom. The highest BCUT2D eigenvalue weighted by molar-refractivity contribution is 5.31. The second-order valence-electron chi connectivity index (χ2n) is 5.33. The van der Waals surface area contributed by atoms with E-state index in [2.05, 4.69) is 29.1 Å². The molecule has 0 aliphatic rings. The van der Waals surface area contributed by atoms with Crippen molar-refractivity contribution in [3.8, 4) is 11.8 Å². The minimum Gasteiger partial charge on any atom is -0.421 e. The van der Waals surface area contributed by atoms with Crippen molar-refractivity contribution in [2.45, 2.75) is 40.3 Å². The van der Waals surface area contributed by atoms with Crippen molar-refractivity contribution in [3.63, 3.8) is 0 Å². The lowest BCUT2D eigenvalue weighted by atomic mass is 10.2. The summed E-state index contributed by atoms with van der Waals surface area (Å²) < 4.78 is 19.1. The van der Waals surface area contributed by atoms with E-state index in [1.165, 1.54) is 6.07 Å². The maximum absolute atomic E-state index is 13.7. The van der Waals surface area contributed by atoms with E-state index in [0.717, 1.165) is 16.8 Å². The largest absolute Gasteiger partial charge is 0.421 e. The molecule has 4 nitrogen and oxygen atoms in total. The monoisotopic (exact) mass is 289 g/mol. The van der Waals surface area contributed by atoms with Gasteiger partial charge in [-0.2, -0.15) is 4.98 Å². The van der Waals surface area contributed by atoms with Crippen molar-refractivity contribution in [1.29, 1.82) is 0 Å². The molecule has 2 rings (SSSR count). The number of rotatable bonds is 5. The fourth-order valence-electron chi connectivity index (χ4n) is 1.79. The van der Waals surface area contributed by atoms with Crippen molar-refractivity contribution in [2.75, 3.05) is 0 Å². The van der Waals surface area contributed by atoms with Crippen molar-refractivity contribution in [2.24, 2.45) is 0 Å². The van der Waals surface area contributed by atoms with Gasteiger partial charge in [0.05, 0.1) is 0 Å². The van der Waals surface area contributed by atoms with Crippen LogP contribution in [0.2, 0.25) is 0 Å². The Hall–Kier alpha value is -2.01. The molecule has 1 N–H and O–H groups in total. The molecule has 112 valence electrons. The molecule has 0 spiro atoms. The molecule has 0 radical (unpaired) electrons. The Bertz CT molecular complexity index is 629. The smallest absolute Gasteiger partial charge is 0.322 e. The van der Waals surface area contributed by atoms with E-state index >= 15 is 0 Å². The van der Waals surface area contributed by atoms with Gasteiger partial charge < -0.3 is 10.1 Å². The minimum atomic E-state index is -0.424. The van der Waals surface area contributed by atoms with Crippen LogP contribution in [-0.4, -0.2) is 16.0 Å². The fourth-order valence-corrected chi connectivity index (χ4v) is 1.79. The van der Waals surface area contributed by atoms with Gasteiger partial charge in [0.2, 0.25) is 0 Å². The SMILES string of the molecule is Cc1ccc(F)c(Oc2ncc(CNC(C)C)c(C)n2)c1. The minimum absolute atomic E-state index is 0.141. The second-order valence-corrected chi connectivity index (χ2v) is 5.33. The lowest BCUT2D eigenvalue weighted by Crippen LogP contribution is -2.22. The van der Waals surface area contributed by atoms with Crippen molar-refractivity contribution in [1.82, 2.24) is 15.3 Å². The summed E-state index contributed by atoms with van der Waals surface area (Å²) in [6.07, 6.45) is 1.71. The standard InChI is InChI=1S/C16H20FN3O/c1-10(2)18-8-13-9-19-16(20-12(13)4)21-15-7-11(3)5-6-14(15)17/h5-7,9-10,18H,8H2,1-4H3. The van der Waals surface area contributed by atoms with Gasteiger partial charge in [-0.05, 0) is 31.5 Å². The molecule has 0 saturated heterocycles. The van der Waals surface area contributed by atoms with Crippen molar-refractivity contribution < 1.29 is 9.13 Å². The van der Waals surface area contributed by atoms with Gasteiger partial charge >= 0.3 is 6.01 Å². The highest BCUT2D eigenvalue weighted by Gasteiger charge is 2.09. The van der Waals surface area contributed by atoms with Crippen molar-refractivity contribution >= 4 is 0 Å². The number of ether oxygens (including phenoxy) is 1. The van der Waals surface area contributed by atoms with E-state index in [-0.39, 0.29) is 11.8 Å². The van der Waals surface area contributed by atoms with Gasteiger partial charge in [0.1, 0.15) is 0 Å². The molecule has 0 fully saturated rings. The number of benzene rings is 1. The maximum atomic E-state index is 13.7. The number of halogens is 1. The van der Waals surface area contributed by atoms with Gasteiger partial charge in [-0.1, -0.05) is 19.9 Å². The summed E-state index contributed by atoms with van der Waals surface area (Å²) in [4.78, 5) is 8.42. The summed E-state index contributed by atoms with van der Waals surface area (Å²) >= 11 is 0. The molecule has 0 bridgehead atoms. The average Bonchev–Trinajstić information content (AvgIpc) is 2.42. The van der Waals surface area contributed by atoms with Crippen LogP contribution in [0, 0.1) is 19.7 Å². The van der Waals surface area contributed by atoms with E-state index in [1.54, 1.807) is 18.3 Å². The lowest BCUT2D eigenvalue weighted by Gasteiger charge is -2.11. The van der Waals surface area contributed by atoms with Crippen LogP contribution in [0.1, 0.15) is 30.7 Å². The van der Waals surface area contributed by atoms with E-state index in [9.17, 15) is 4.39 Å². The van der Waals surface area contributed by atoms with Gasteiger partial charge in [-0.25, -0.2) is 9.37 Å². The Kier molecular flexibility index (Phi) is 4.85. The molecule has 1 aromatic heterocycles. The summed E-state index contributed by atoms with van der Waals surface area (Å²) in [6.45, 7) is 8.61. The molecular weight excluding hydrogens is 269 g/mol. The van der Waals surface area contributed by atoms with Crippen LogP contribution in [0.4, 0.5) is 4.39 Å². The molecule has 1 heterocycles. The number of aromatic nitrogens is 2. The van der Waals surface area contributed by atoms with Crippen LogP contribution >= 0.6 is 0 Å². The quantitative estimate of drug-likeness (QED) is 0.915. The number of nitrogens with one attached hydrogen (secondary N) is 1. The Labute approximate surface area is 124 Å². The van der Waals surface area contributed by atoms with Gasteiger partial charge in [0.25, 0.3) is 0 Å². The van der Waals surface area contributed by atoms with Crippen LogP contribution in [0.15, 0.2) is 24.4 Å². The average molecular weight is 289 g/mol. The third kappa shape index (κ3) is 4.23. The first kappa shape index (κ1) is 15.4. The predicted octanol–water partition coefficient (Wildman–Crippen LogP) is 3.52. The Morgan fingerprint density at radius 3 is 2.71 bits per heavy atom. The molecule has 0 unspecified atom stereocenters. The van der Waals surface area contributed by atoms with E-state index < -0.39 is 5.82 Å². The molecule has 0 atom stereocenters. The maximum Gasteiger partial charge on any atom is 0.322 e. The molecule has 21 heavy (non-hydrogen) atoms. The molecular formula is C16H20FN3O. The zero-order chi connectivity index (χ0) is 15.4. The fraction of sp³-hybridized carbons (Fsp3) is 0.375. The summed E-state index contributed by atoms with van der Waals surface area (Å²) in [5.41, 5.74) is 2.74. The van der Waals surface area contributed by atoms with Gasteiger partial charge in [-0.3, -0.25) is 0 Å². The van der Waals surface area contributed by atoms with Crippen LogP contribution in [0.3, 0.4) is 0 Å². The summed E-state index contributed by atoms with van der Waals surface area (Å²) in [5.74, 6) is -0.283. The topological polar surface area (TPSA) is 47.0 Å². The first-order valence-corrected chi connectivity index (χ1v) is 6.95. The van der Waals surface area contributed by atoms with E-state index in [4.69, 9.17) is 4.74 Å². The third-order valence-electron chi connectivity index (χ3n) is 3.05. The van der Waals surface area contributed by atoms with E-state index in [1.807, 2.05) is 13.8 Å². The Balaban J connectivity index is 2.14. The van der Waals surface area contributed by atoms with Gasteiger partial charge in [-0.15, -0.1) is 0 Å². The molecule has 2 aromatic rings. The van der Waals surface area contributed by atoms with Crippen LogP contribution in [-0.2, 0) is 6.54 Å². The summed E-state index contributed by atoms with van der Waals surface area (Å²) in [6, 6.07) is 5.24. The predicted molar refractivity (Wildman–Crippen MR) is 80.0 cm³/mol. The first-order chi connectivity index (χ1) is 9.95. The number of hydrogen-bond donors (Lipinski definition) is 1. The molecule has 0 aliphatic heterocycles. The number of nitrogens with zero attached hydrogens (tertiary/aromatic N) is 2. The third-order valence-corrected chi connectivity index (χ3v) is 3.05. The van der Waals surface area contributed by atoms with Gasteiger partial charge in [0, 0.05) is 30.0 Å². The molecule has 1 aromatic carbocycles. The zero-order valence-corrected chi connectivity index (χ0v) is 12.8. The summed E-state index contributed by atoms with van der Waals surface area (Å²) in [5, 5.41) is 3.31. The highest BCUT2D eigenvalue weighted by Crippen LogP contribution is 2.23. The number of aryl methyl sites for hydroxylation is 2. The van der Waals surface area contributed by atoms with Crippen molar-refractivity contribution in [3.05, 3.63) is 47.0 Å². The Morgan fingerprint density at radius 2 is 2.05 bits per heavy atom. The molecule has 0 aliphatic carbocycles. The van der Waals surface area contributed by atoms with E-state index in [0.29, 0.717) is 12.6 Å². The molecule has 0 saturated carbocycles. The highest BCUT2D eigenvalue weighted by atomic mass is 19.1. The van der Waals surface area contributed by atoms with Crippen LogP contribution < -0.4 is 10.1 Å². The van der Waals surface area contributed by atoms with Crippen LogP contribution in [0.5, 0.6) is 11.8 Å². The zero-order valence-electron chi connectivity index (χ0n) is 12.8. The summed E-state index contributed by atoms with van der Waals surface area (Å²) in [7, 11) is 0. The first-order valence-electron chi connectivity index (χ1n) is 6.95. The lowest BCUT2D eigenvalue weighted by molar-refractivity contribution is 0.408. The van der Waals surface area contributed by atoms with Crippen LogP contribution in [0.25, 0.3) is 0 Å². The van der Waals surface area contributed by atoms with Gasteiger partial charge in [0.15, 0.2) is 11.6 Å². The second kappa shape index (κ2) is 6.63. The number of hydrogen-bond acceptors (Lipinski definition) is 4. The molecule has 5 heteroatoms.